The highest BCUT2D eigenvalue weighted by atomic mass is 16.3. The molecule has 0 saturated heterocycles. The van der Waals surface area contributed by atoms with E-state index in [1.54, 1.807) is 13.8 Å². The Hall–Kier alpha value is -0.900. The standard InChI is InChI=1S/C11H17NO2/c1-11(2,10(12)14)9(13)8-6-4-3-5-7-8/h3-7,9-10,13-14H,12H2,1-2H3. The zero-order chi connectivity index (χ0) is 10.8. The van der Waals surface area contributed by atoms with Gasteiger partial charge in [-0.1, -0.05) is 44.2 Å². The first-order valence-corrected chi connectivity index (χ1v) is 4.63. The molecular weight excluding hydrogens is 178 g/mol. The molecule has 0 amide bonds. The summed E-state index contributed by atoms with van der Waals surface area (Å²) in [6, 6.07) is 9.20. The first-order valence-electron chi connectivity index (χ1n) is 4.63. The maximum Gasteiger partial charge on any atom is 0.110 e. The van der Waals surface area contributed by atoms with Crippen molar-refractivity contribution in [1.29, 1.82) is 0 Å². The maximum absolute atomic E-state index is 9.98. The Balaban J connectivity index is 2.90. The number of aliphatic hydroxyl groups is 2. The highest BCUT2D eigenvalue weighted by Gasteiger charge is 2.34. The van der Waals surface area contributed by atoms with Gasteiger partial charge in [0.05, 0.1) is 6.10 Å². The molecule has 3 nitrogen and oxygen atoms in total. The van der Waals surface area contributed by atoms with Gasteiger partial charge in [0.1, 0.15) is 6.23 Å². The minimum atomic E-state index is -1.04. The molecule has 2 unspecified atom stereocenters. The highest BCUT2D eigenvalue weighted by Crippen LogP contribution is 2.34. The lowest BCUT2D eigenvalue weighted by Gasteiger charge is -2.33. The molecule has 0 spiro atoms. The van der Waals surface area contributed by atoms with E-state index in [1.807, 2.05) is 30.3 Å². The molecule has 0 bridgehead atoms. The van der Waals surface area contributed by atoms with Crippen molar-refractivity contribution in [2.75, 3.05) is 0 Å². The van der Waals surface area contributed by atoms with Gasteiger partial charge in [-0.05, 0) is 5.56 Å². The minimum absolute atomic E-state index is 0.749. The molecule has 2 atom stereocenters. The van der Waals surface area contributed by atoms with E-state index in [2.05, 4.69) is 0 Å². The minimum Gasteiger partial charge on any atom is -0.388 e. The lowest BCUT2D eigenvalue weighted by molar-refractivity contribution is -0.0460. The molecule has 0 aliphatic carbocycles. The molecule has 3 heteroatoms. The van der Waals surface area contributed by atoms with Crippen LogP contribution < -0.4 is 5.73 Å². The average Bonchev–Trinajstić information content (AvgIpc) is 2.17. The lowest BCUT2D eigenvalue weighted by Crippen LogP contribution is -2.41. The van der Waals surface area contributed by atoms with E-state index in [4.69, 9.17) is 5.73 Å². The molecule has 0 aliphatic heterocycles. The fraction of sp³-hybridized carbons (Fsp3) is 0.455. The normalized spacial score (nSPS) is 16.4. The van der Waals surface area contributed by atoms with Crippen molar-refractivity contribution >= 4 is 0 Å². The summed E-state index contributed by atoms with van der Waals surface area (Å²) in [5, 5.41) is 19.3. The first-order chi connectivity index (χ1) is 6.46. The zero-order valence-corrected chi connectivity index (χ0v) is 8.51. The van der Waals surface area contributed by atoms with Crippen LogP contribution in [0.25, 0.3) is 0 Å². The van der Waals surface area contributed by atoms with Crippen molar-refractivity contribution in [2.24, 2.45) is 11.1 Å². The number of aliphatic hydroxyl groups excluding tert-OH is 2. The Morgan fingerprint density at radius 2 is 1.64 bits per heavy atom. The van der Waals surface area contributed by atoms with Crippen LogP contribution in [0, 0.1) is 5.41 Å². The third-order valence-corrected chi connectivity index (χ3v) is 2.58. The van der Waals surface area contributed by atoms with Crippen LogP contribution in [0.4, 0.5) is 0 Å². The maximum atomic E-state index is 9.98. The van der Waals surface area contributed by atoms with Gasteiger partial charge in [-0.2, -0.15) is 0 Å². The van der Waals surface area contributed by atoms with Crippen molar-refractivity contribution in [3.8, 4) is 0 Å². The molecule has 14 heavy (non-hydrogen) atoms. The van der Waals surface area contributed by atoms with Crippen molar-refractivity contribution in [3.05, 3.63) is 35.9 Å². The Bertz CT molecular complexity index is 283. The van der Waals surface area contributed by atoms with Gasteiger partial charge >= 0.3 is 0 Å². The van der Waals surface area contributed by atoms with E-state index in [0.29, 0.717) is 0 Å². The fourth-order valence-electron chi connectivity index (χ4n) is 1.23. The van der Waals surface area contributed by atoms with Crippen LogP contribution in [-0.4, -0.2) is 16.4 Å². The van der Waals surface area contributed by atoms with Crippen LogP contribution in [0.5, 0.6) is 0 Å². The fourth-order valence-corrected chi connectivity index (χ4v) is 1.23. The highest BCUT2D eigenvalue weighted by molar-refractivity contribution is 5.19. The van der Waals surface area contributed by atoms with Crippen LogP contribution >= 0.6 is 0 Å². The second-order valence-corrected chi connectivity index (χ2v) is 4.08. The van der Waals surface area contributed by atoms with Gasteiger partial charge in [0, 0.05) is 5.41 Å². The van der Waals surface area contributed by atoms with Crippen molar-refractivity contribution in [1.82, 2.24) is 0 Å². The quantitative estimate of drug-likeness (QED) is 0.631. The van der Waals surface area contributed by atoms with Gasteiger partial charge < -0.3 is 15.9 Å². The molecule has 0 fully saturated rings. The second kappa shape index (κ2) is 4.09. The van der Waals surface area contributed by atoms with Crippen molar-refractivity contribution in [2.45, 2.75) is 26.2 Å². The van der Waals surface area contributed by atoms with Gasteiger partial charge in [0.15, 0.2) is 0 Å². The van der Waals surface area contributed by atoms with Gasteiger partial charge in [-0.15, -0.1) is 0 Å². The molecule has 0 saturated carbocycles. The summed E-state index contributed by atoms with van der Waals surface area (Å²) in [5.74, 6) is 0. The number of nitrogens with two attached hydrogens (primary N) is 1. The number of rotatable bonds is 3. The number of benzene rings is 1. The van der Waals surface area contributed by atoms with E-state index in [9.17, 15) is 10.2 Å². The van der Waals surface area contributed by atoms with Gasteiger partial charge in [-0.3, -0.25) is 0 Å². The summed E-state index contributed by atoms with van der Waals surface area (Å²) in [4.78, 5) is 0. The molecule has 4 N–H and O–H groups in total. The van der Waals surface area contributed by atoms with Crippen LogP contribution in [0.3, 0.4) is 0 Å². The summed E-state index contributed by atoms with van der Waals surface area (Å²) < 4.78 is 0. The average molecular weight is 195 g/mol. The van der Waals surface area contributed by atoms with Crippen LogP contribution in [0.15, 0.2) is 30.3 Å². The Labute approximate surface area is 84.2 Å². The zero-order valence-electron chi connectivity index (χ0n) is 8.51. The molecule has 0 heterocycles. The molecule has 0 aromatic heterocycles. The largest absolute Gasteiger partial charge is 0.388 e. The molecule has 1 rings (SSSR count). The van der Waals surface area contributed by atoms with Gasteiger partial charge in [0.25, 0.3) is 0 Å². The molecule has 0 radical (unpaired) electrons. The third-order valence-electron chi connectivity index (χ3n) is 2.58. The van der Waals surface area contributed by atoms with E-state index < -0.39 is 17.7 Å². The summed E-state index contributed by atoms with van der Waals surface area (Å²) in [5.41, 5.74) is 5.42. The Morgan fingerprint density at radius 3 is 2.07 bits per heavy atom. The number of hydrogen-bond donors (Lipinski definition) is 3. The van der Waals surface area contributed by atoms with Crippen LogP contribution in [-0.2, 0) is 0 Å². The predicted octanol–water partition coefficient (Wildman–Crippen LogP) is 1.02. The number of hydrogen-bond acceptors (Lipinski definition) is 3. The summed E-state index contributed by atoms with van der Waals surface area (Å²) in [6.07, 6.45) is -1.80. The van der Waals surface area contributed by atoms with Crippen LogP contribution in [0.1, 0.15) is 25.5 Å². The second-order valence-electron chi connectivity index (χ2n) is 4.08. The van der Waals surface area contributed by atoms with E-state index in [1.165, 1.54) is 0 Å². The summed E-state index contributed by atoms with van der Waals surface area (Å²) in [6.45, 7) is 3.46. The summed E-state index contributed by atoms with van der Waals surface area (Å²) in [7, 11) is 0. The van der Waals surface area contributed by atoms with Gasteiger partial charge in [0.2, 0.25) is 0 Å². The Kier molecular flexibility index (Phi) is 3.26. The SMILES string of the molecule is CC(C)(C(N)O)C(O)c1ccccc1. The topological polar surface area (TPSA) is 66.5 Å². The monoisotopic (exact) mass is 195 g/mol. The van der Waals surface area contributed by atoms with Gasteiger partial charge in [-0.25, -0.2) is 0 Å². The molecule has 0 aliphatic rings. The molecular formula is C11H17NO2. The smallest absolute Gasteiger partial charge is 0.110 e. The van der Waals surface area contributed by atoms with Crippen LogP contribution in [0.2, 0.25) is 0 Å². The van der Waals surface area contributed by atoms with E-state index in [0.717, 1.165) is 5.56 Å². The Morgan fingerprint density at radius 1 is 1.14 bits per heavy atom. The van der Waals surface area contributed by atoms with E-state index >= 15 is 0 Å². The third kappa shape index (κ3) is 2.12. The lowest BCUT2D eigenvalue weighted by atomic mass is 9.81. The van der Waals surface area contributed by atoms with Crippen molar-refractivity contribution < 1.29 is 10.2 Å². The van der Waals surface area contributed by atoms with Crippen molar-refractivity contribution in [3.63, 3.8) is 0 Å². The van der Waals surface area contributed by atoms with E-state index in [-0.39, 0.29) is 0 Å². The molecule has 1 aromatic rings. The summed E-state index contributed by atoms with van der Waals surface area (Å²) >= 11 is 0. The molecule has 78 valence electrons. The molecule has 1 aromatic carbocycles. The first kappa shape index (κ1) is 11.2. The predicted molar refractivity (Wildman–Crippen MR) is 55.4 cm³/mol.